The molecule has 8 heteroatoms. The topological polar surface area (TPSA) is 83.9 Å². The van der Waals surface area contributed by atoms with Crippen LogP contribution in [0.3, 0.4) is 0 Å². The normalized spacial score (nSPS) is 14.3. The number of anilines is 1. The third-order valence-electron chi connectivity index (χ3n) is 5.24. The molecule has 2 amide bonds. The van der Waals surface area contributed by atoms with Gasteiger partial charge in [-0.2, -0.15) is 0 Å². The van der Waals surface area contributed by atoms with Crippen LogP contribution < -0.4 is 15.0 Å². The predicted molar refractivity (Wildman–Crippen MR) is 140 cm³/mol. The Bertz CT molecular complexity index is 1270. The number of hydrogen-bond donors (Lipinski definition) is 1. The van der Waals surface area contributed by atoms with Crippen LogP contribution in [-0.2, 0) is 16.1 Å². The Hall–Kier alpha value is -3.91. The zero-order valence-electron chi connectivity index (χ0n) is 19.8. The Morgan fingerprint density at radius 1 is 1.09 bits per heavy atom. The van der Waals surface area contributed by atoms with E-state index in [0.717, 1.165) is 33.8 Å². The number of aromatic nitrogens is 1. The van der Waals surface area contributed by atoms with Gasteiger partial charge in [0.25, 0.3) is 5.91 Å². The van der Waals surface area contributed by atoms with E-state index in [-0.39, 0.29) is 17.6 Å². The smallest absolute Gasteiger partial charge is 0.283 e. The number of thioether (sulfide) groups is 1. The van der Waals surface area contributed by atoms with E-state index < -0.39 is 0 Å². The first-order valence-corrected chi connectivity index (χ1v) is 12.1. The predicted octanol–water partition coefficient (Wildman–Crippen LogP) is 4.50. The van der Waals surface area contributed by atoms with Gasteiger partial charge in [0.2, 0.25) is 5.91 Å². The van der Waals surface area contributed by atoms with Crippen LogP contribution >= 0.6 is 11.8 Å². The first-order chi connectivity index (χ1) is 16.9. The summed E-state index contributed by atoms with van der Waals surface area (Å²) < 4.78 is 5.21. The number of benzene rings is 2. The summed E-state index contributed by atoms with van der Waals surface area (Å²) in [5, 5.41) is 3.33. The monoisotopic (exact) mass is 486 g/mol. The van der Waals surface area contributed by atoms with Crippen LogP contribution in [0.5, 0.6) is 5.75 Å². The molecule has 178 valence electrons. The van der Waals surface area contributed by atoms with Crippen molar-refractivity contribution in [2.75, 3.05) is 17.8 Å². The van der Waals surface area contributed by atoms with Gasteiger partial charge in [-0.25, -0.2) is 4.99 Å². The Balaban J connectivity index is 1.55. The zero-order chi connectivity index (χ0) is 24.8. The molecule has 35 heavy (non-hydrogen) atoms. The molecule has 0 spiro atoms. The van der Waals surface area contributed by atoms with Crippen LogP contribution in [-0.4, -0.2) is 34.8 Å². The first kappa shape index (κ1) is 24.2. The molecule has 0 unspecified atom stereocenters. The molecular formula is C27H26N4O3S. The second-order valence-corrected chi connectivity index (χ2v) is 9.01. The molecule has 2 heterocycles. The highest BCUT2D eigenvalue weighted by Crippen LogP contribution is 2.31. The van der Waals surface area contributed by atoms with Gasteiger partial charge in [-0.1, -0.05) is 36.0 Å². The Morgan fingerprint density at radius 3 is 2.49 bits per heavy atom. The lowest BCUT2D eigenvalue weighted by atomic mass is 10.1. The molecule has 0 atom stereocenters. The largest absolute Gasteiger partial charge is 0.497 e. The van der Waals surface area contributed by atoms with Gasteiger partial charge in [-0.05, 0) is 73.0 Å². The molecule has 3 aromatic rings. The fraction of sp³-hybridized carbons (Fsp3) is 0.185. The van der Waals surface area contributed by atoms with Gasteiger partial charge in [0.1, 0.15) is 11.4 Å². The molecule has 0 bridgehead atoms. The fourth-order valence-electron chi connectivity index (χ4n) is 3.63. The lowest BCUT2D eigenvalue weighted by molar-refractivity contribution is -0.118. The third-order valence-corrected chi connectivity index (χ3v) is 6.18. The number of pyridine rings is 1. The number of amidine groups is 1. The molecule has 2 aromatic carbocycles. The van der Waals surface area contributed by atoms with Crippen molar-refractivity contribution in [3.63, 3.8) is 0 Å². The summed E-state index contributed by atoms with van der Waals surface area (Å²) in [6.07, 6.45) is 3.43. The number of aliphatic imine (C=N–C) groups is 1. The van der Waals surface area contributed by atoms with Crippen LogP contribution in [0.1, 0.15) is 22.4 Å². The van der Waals surface area contributed by atoms with Crippen molar-refractivity contribution in [2.24, 2.45) is 4.99 Å². The average molecular weight is 487 g/mol. The van der Waals surface area contributed by atoms with Crippen molar-refractivity contribution < 1.29 is 14.3 Å². The average Bonchev–Trinajstić information content (AvgIpc) is 3.16. The number of ether oxygens (including phenoxy) is 1. The van der Waals surface area contributed by atoms with Gasteiger partial charge >= 0.3 is 0 Å². The van der Waals surface area contributed by atoms with Crippen LogP contribution in [0.25, 0.3) is 6.08 Å². The Morgan fingerprint density at radius 2 is 1.83 bits per heavy atom. The van der Waals surface area contributed by atoms with E-state index in [9.17, 15) is 9.59 Å². The maximum atomic E-state index is 13.4. The van der Waals surface area contributed by atoms with Crippen molar-refractivity contribution in [1.29, 1.82) is 0 Å². The highest BCUT2D eigenvalue weighted by molar-refractivity contribution is 8.14. The number of rotatable bonds is 7. The lowest BCUT2D eigenvalue weighted by Gasteiger charge is -2.19. The minimum Gasteiger partial charge on any atom is -0.497 e. The van der Waals surface area contributed by atoms with Crippen LogP contribution in [0.15, 0.2) is 77.5 Å². The number of hydrogen-bond acceptors (Lipinski definition) is 6. The molecule has 7 nitrogen and oxygen atoms in total. The molecular weight excluding hydrogens is 460 g/mol. The second-order valence-electron chi connectivity index (χ2n) is 8.07. The highest BCUT2D eigenvalue weighted by Gasteiger charge is 2.32. The van der Waals surface area contributed by atoms with Gasteiger partial charge in [0.05, 0.1) is 30.8 Å². The summed E-state index contributed by atoms with van der Waals surface area (Å²) in [6, 6.07) is 18.9. The van der Waals surface area contributed by atoms with Crippen molar-refractivity contribution in [3.8, 4) is 5.75 Å². The van der Waals surface area contributed by atoms with Gasteiger partial charge in [0, 0.05) is 6.20 Å². The first-order valence-electron chi connectivity index (χ1n) is 11.1. The molecule has 0 fully saturated rings. The molecule has 0 aliphatic carbocycles. The van der Waals surface area contributed by atoms with Gasteiger partial charge in [0.15, 0.2) is 5.17 Å². The van der Waals surface area contributed by atoms with E-state index in [2.05, 4.69) is 15.3 Å². The van der Waals surface area contributed by atoms with Gasteiger partial charge in [-0.3, -0.25) is 19.5 Å². The molecule has 1 aliphatic heterocycles. The highest BCUT2D eigenvalue weighted by atomic mass is 32.2. The number of carbonyl (C=O) groups excluding carboxylic acids is 2. The SMILES string of the molecule is COc1ccc(/C=C2\N=C(SCC(=O)NCc3ccccn3)N(c3cc(C)cc(C)c3)C2=O)cc1. The van der Waals surface area contributed by atoms with Gasteiger partial charge < -0.3 is 10.1 Å². The van der Waals surface area contributed by atoms with Crippen LogP contribution in [0, 0.1) is 13.8 Å². The zero-order valence-corrected chi connectivity index (χ0v) is 20.6. The van der Waals surface area contributed by atoms with Crippen molar-refractivity contribution in [1.82, 2.24) is 10.3 Å². The van der Waals surface area contributed by atoms with Crippen LogP contribution in [0.2, 0.25) is 0 Å². The maximum absolute atomic E-state index is 13.4. The van der Waals surface area contributed by atoms with E-state index >= 15 is 0 Å². The summed E-state index contributed by atoms with van der Waals surface area (Å²) in [7, 11) is 1.61. The van der Waals surface area contributed by atoms with E-state index in [1.807, 2.05) is 74.5 Å². The molecule has 4 rings (SSSR count). The quantitative estimate of drug-likeness (QED) is 0.497. The van der Waals surface area contributed by atoms with E-state index in [0.29, 0.717) is 17.4 Å². The van der Waals surface area contributed by atoms with E-state index in [4.69, 9.17) is 4.74 Å². The second kappa shape index (κ2) is 11.0. The maximum Gasteiger partial charge on any atom is 0.283 e. The molecule has 1 aromatic heterocycles. The third kappa shape index (κ3) is 6.16. The molecule has 0 saturated carbocycles. The minimum absolute atomic E-state index is 0.121. The Kier molecular flexibility index (Phi) is 7.62. The number of amides is 2. The van der Waals surface area contributed by atoms with E-state index in [1.165, 1.54) is 11.8 Å². The number of methoxy groups -OCH3 is 1. The van der Waals surface area contributed by atoms with Crippen molar-refractivity contribution in [3.05, 3.63) is 94.9 Å². The number of nitrogens with zero attached hydrogens (tertiary/aromatic N) is 3. The standard InChI is InChI=1S/C27H26N4O3S/c1-18-12-19(2)14-22(13-18)31-26(33)24(15-20-7-9-23(34-3)10-8-20)30-27(31)35-17-25(32)29-16-21-6-4-5-11-28-21/h4-15H,16-17H2,1-3H3,(H,29,32)/b24-15-. The number of nitrogens with one attached hydrogen (secondary N) is 1. The molecule has 0 radical (unpaired) electrons. The van der Waals surface area contributed by atoms with Gasteiger partial charge in [-0.15, -0.1) is 0 Å². The van der Waals surface area contributed by atoms with Crippen molar-refractivity contribution in [2.45, 2.75) is 20.4 Å². The minimum atomic E-state index is -0.234. The van der Waals surface area contributed by atoms with E-state index in [1.54, 1.807) is 24.3 Å². The molecule has 1 aliphatic rings. The molecule has 1 N–H and O–H groups in total. The van der Waals surface area contributed by atoms with Crippen molar-refractivity contribution >= 4 is 40.5 Å². The lowest BCUT2D eigenvalue weighted by Crippen LogP contribution is -2.32. The molecule has 0 saturated heterocycles. The number of carbonyl (C=O) groups is 2. The summed E-state index contributed by atoms with van der Waals surface area (Å²) in [5.74, 6) is 0.458. The summed E-state index contributed by atoms with van der Waals surface area (Å²) in [5.41, 5.74) is 4.73. The number of aryl methyl sites for hydroxylation is 2. The summed E-state index contributed by atoms with van der Waals surface area (Å²) in [6.45, 7) is 4.31. The van der Waals surface area contributed by atoms with Crippen LogP contribution in [0.4, 0.5) is 5.69 Å². The summed E-state index contributed by atoms with van der Waals surface area (Å²) >= 11 is 1.23. The summed E-state index contributed by atoms with van der Waals surface area (Å²) in [4.78, 5) is 36.3. The fourth-order valence-corrected chi connectivity index (χ4v) is 4.47. The Labute approximate surface area is 208 Å².